The number of thioether (sulfide) groups is 1. The molecule has 0 aliphatic rings. The van der Waals surface area contributed by atoms with Gasteiger partial charge in [-0.2, -0.15) is 16.8 Å². The van der Waals surface area contributed by atoms with Crippen LogP contribution < -0.4 is 10.8 Å². The summed E-state index contributed by atoms with van der Waals surface area (Å²) in [6.07, 6.45) is 6.51. The van der Waals surface area contributed by atoms with Crippen molar-refractivity contribution in [3.05, 3.63) is 48.2 Å². The molecule has 10 heteroatoms. The number of ether oxygens (including phenoxy) is 1. The van der Waals surface area contributed by atoms with E-state index in [1.165, 1.54) is 5.56 Å². The maximum Gasteiger partial charge on any atom is 0.256 e. The highest BCUT2D eigenvalue weighted by Crippen LogP contribution is 2.34. The summed E-state index contributed by atoms with van der Waals surface area (Å²) in [5.41, 5.74) is 6.78. The first-order valence-electron chi connectivity index (χ1n) is 10.0. The molecule has 0 spiro atoms. The van der Waals surface area contributed by atoms with Gasteiger partial charge in [-0.15, -0.1) is 0 Å². The predicted molar refractivity (Wildman–Crippen MR) is 130 cm³/mol. The van der Waals surface area contributed by atoms with Gasteiger partial charge in [0.15, 0.2) is 0 Å². The number of methoxy groups -OCH3 is 1. The first-order chi connectivity index (χ1) is 15.0. The zero-order valence-electron chi connectivity index (χ0n) is 18.8. The largest absolute Gasteiger partial charge is 0.384 e. The maximum atomic E-state index is 10.4. The number of rotatable bonds is 17. The number of carbonyl (C=O) groups is 1. The van der Waals surface area contributed by atoms with Gasteiger partial charge in [0.25, 0.3) is 8.53 Å². The molecular formula is C21H35N4O4PS. The third-order valence-corrected chi connectivity index (χ3v) is 6.24. The van der Waals surface area contributed by atoms with Crippen molar-refractivity contribution in [2.75, 3.05) is 39.4 Å². The first-order valence-corrected chi connectivity index (χ1v) is 12.6. The highest BCUT2D eigenvalue weighted by Gasteiger charge is 2.19. The van der Waals surface area contributed by atoms with Crippen LogP contribution in [0.4, 0.5) is 0 Å². The SMILES string of the molecule is COC(COP(NCc1ccccc1)OCCSC)CC(C)N(C)/C=C\C(N)=N/C=O. The molecule has 1 aromatic rings. The summed E-state index contributed by atoms with van der Waals surface area (Å²) in [7, 11) is 2.38. The van der Waals surface area contributed by atoms with E-state index in [9.17, 15) is 4.79 Å². The Balaban J connectivity index is 2.55. The average Bonchev–Trinajstić information content (AvgIpc) is 2.78. The second kappa shape index (κ2) is 17.1. The molecule has 0 aliphatic carbocycles. The van der Waals surface area contributed by atoms with Crippen LogP contribution in [0.25, 0.3) is 0 Å². The first kappa shape index (κ1) is 27.6. The zero-order chi connectivity index (χ0) is 22.9. The van der Waals surface area contributed by atoms with E-state index in [4.69, 9.17) is 19.5 Å². The average molecular weight is 471 g/mol. The number of nitrogens with one attached hydrogen (secondary N) is 1. The van der Waals surface area contributed by atoms with Crippen molar-refractivity contribution in [3.63, 3.8) is 0 Å². The number of nitrogens with two attached hydrogens (primary N) is 1. The van der Waals surface area contributed by atoms with Gasteiger partial charge in [0.1, 0.15) is 5.84 Å². The fourth-order valence-electron chi connectivity index (χ4n) is 2.46. The molecule has 174 valence electrons. The van der Waals surface area contributed by atoms with E-state index in [2.05, 4.69) is 35.4 Å². The minimum Gasteiger partial charge on any atom is -0.384 e. The van der Waals surface area contributed by atoms with Crippen molar-refractivity contribution in [1.82, 2.24) is 9.99 Å². The molecule has 0 saturated carbocycles. The summed E-state index contributed by atoms with van der Waals surface area (Å²) < 4.78 is 17.6. The van der Waals surface area contributed by atoms with Crippen LogP contribution in [0.3, 0.4) is 0 Å². The summed E-state index contributed by atoms with van der Waals surface area (Å²) in [5.74, 6) is 1.08. The van der Waals surface area contributed by atoms with E-state index in [1.807, 2.05) is 30.1 Å². The molecule has 0 fully saturated rings. The topological polar surface area (TPSA) is 98.4 Å². The number of aliphatic imine (C=N–C) groups is 1. The predicted octanol–water partition coefficient (Wildman–Crippen LogP) is 3.15. The molecule has 1 amide bonds. The Hall–Kier alpha value is -1.48. The Morgan fingerprint density at radius 2 is 2.10 bits per heavy atom. The van der Waals surface area contributed by atoms with E-state index in [-0.39, 0.29) is 18.0 Å². The fraction of sp³-hybridized carbons (Fsp3) is 0.524. The smallest absolute Gasteiger partial charge is 0.256 e. The Morgan fingerprint density at radius 3 is 2.74 bits per heavy atom. The molecule has 1 aromatic carbocycles. The van der Waals surface area contributed by atoms with Crippen LogP contribution in [0.1, 0.15) is 18.9 Å². The van der Waals surface area contributed by atoms with Crippen molar-refractivity contribution in [1.29, 1.82) is 0 Å². The van der Waals surface area contributed by atoms with E-state index in [0.29, 0.717) is 26.2 Å². The molecule has 0 heterocycles. The monoisotopic (exact) mass is 470 g/mol. The minimum absolute atomic E-state index is 0.0977. The molecule has 0 radical (unpaired) electrons. The second-order valence-corrected chi connectivity index (χ2v) is 9.11. The lowest BCUT2D eigenvalue weighted by Gasteiger charge is -2.28. The van der Waals surface area contributed by atoms with Crippen LogP contribution >= 0.6 is 20.3 Å². The number of hydrogen-bond donors (Lipinski definition) is 2. The third-order valence-electron chi connectivity index (χ3n) is 4.44. The van der Waals surface area contributed by atoms with E-state index in [0.717, 1.165) is 12.2 Å². The van der Waals surface area contributed by atoms with Crippen LogP contribution in [-0.2, 0) is 25.1 Å². The van der Waals surface area contributed by atoms with Crippen molar-refractivity contribution < 1.29 is 18.6 Å². The van der Waals surface area contributed by atoms with E-state index < -0.39 is 8.53 Å². The van der Waals surface area contributed by atoms with E-state index in [1.54, 1.807) is 31.1 Å². The quantitative estimate of drug-likeness (QED) is 0.118. The van der Waals surface area contributed by atoms with Crippen LogP contribution in [-0.4, -0.2) is 68.7 Å². The number of amides is 1. The molecule has 3 unspecified atom stereocenters. The van der Waals surface area contributed by atoms with Gasteiger partial charge in [-0.1, -0.05) is 30.3 Å². The minimum atomic E-state index is -1.23. The van der Waals surface area contributed by atoms with Crippen LogP contribution in [0.2, 0.25) is 0 Å². The molecule has 1 rings (SSSR count). The van der Waals surface area contributed by atoms with Gasteiger partial charge in [0.2, 0.25) is 6.41 Å². The van der Waals surface area contributed by atoms with Crippen molar-refractivity contribution in [3.8, 4) is 0 Å². The lowest BCUT2D eigenvalue weighted by Crippen LogP contribution is -2.31. The molecule has 31 heavy (non-hydrogen) atoms. The fourth-order valence-corrected chi connectivity index (χ4v) is 3.96. The number of nitrogens with zero attached hydrogens (tertiary/aromatic N) is 2. The number of carbonyl (C=O) groups excluding carboxylic acids is 1. The standard InChI is InChI=1S/C21H35N4O4PS/c1-18(25(2)11-10-21(22)23-17-26)14-20(27-3)16-29-30(28-12-13-31-4)24-15-19-8-6-5-7-9-19/h5-11,17-18,20,24H,12-16H2,1-4H3,(H2,22,23,26)/b11-10-. The van der Waals surface area contributed by atoms with Crippen molar-refractivity contribution in [2.24, 2.45) is 10.7 Å². The zero-order valence-corrected chi connectivity index (χ0v) is 20.5. The summed E-state index contributed by atoms with van der Waals surface area (Å²) in [6.45, 7) is 3.80. The lowest BCUT2D eigenvalue weighted by atomic mass is 10.1. The number of benzene rings is 1. The lowest BCUT2D eigenvalue weighted by molar-refractivity contribution is -0.106. The molecule has 0 aromatic heterocycles. The molecule has 8 nitrogen and oxygen atoms in total. The summed E-state index contributed by atoms with van der Waals surface area (Å²) in [5, 5.41) is 3.37. The third kappa shape index (κ3) is 12.8. The van der Waals surface area contributed by atoms with Gasteiger partial charge in [-0.05, 0) is 31.2 Å². The number of amidine groups is 1. The number of hydrogen-bond acceptors (Lipinski definition) is 7. The molecule has 0 aliphatic heterocycles. The van der Waals surface area contributed by atoms with Crippen LogP contribution in [0, 0.1) is 0 Å². The maximum absolute atomic E-state index is 10.4. The van der Waals surface area contributed by atoms with Gasteiger partial charge in [0.05, 0.1) is 19.3 Å². The molecule has 0 saturated heterocycles. The molecule has 0 bridgehead atoms. The highest BCUT2D eigenvalue weighted by atomic mass is 32.2. The van der Waals surface area contributed by atoms with Crippen molar-refractivity contribution >= 4 is 32.5 Å². The Kier molecular flexibility index (Phi) is 15.2. The Bertz CT molecular complexity index is 666. The molecule has 3 N–H and O–H groups in total. The van der Waals surface area contributed by atoms with Crippen LogP contribution in [0.5, 0.6) is 0 Å². The molecular weight excluding hydrogens is 435 g/mol. The van der Waals surface area contributed by atoms with Gasteiger partial charge in [-0.25, -0.2) is 5.09 Å². The van der Waals surface area contributed by atoms with Gasteiger partial charge < -0.3 is 24.4 Å². The summed E-state index contributed by atoms with van der Waals surface area (Å²) in [4.78, 5) is 15.8. The Morgan fingerprint density at radius 1 is 1.35 bits per heavy atom. The van der Waals surface area contributed by atoms with Crippen LogP contribution in [0.15, 0.2) is 47.6 Å². The van der Waals surface area contributed by atoms with Crippen molar-refractivity contribution in [2.45, 2.75) is 32.0 Å². The normalized spacial score (nSPS) is 15.0. The van der Waals surface area contributed by atoms with Gasteiger partial charge >= 0.3 is 0 Å². The highest BCUT2D eigenvalue weighted by molar-refractivity contribution is 7.98. The summed E-state index contributed by atoms with van der Waals surface area (Å²) >= 11 is 1.74. The molecule has 3 atom stereocenters. The Labute approximate surface area is 191 Å². The summed E-state index contributed by atoms with van der Waals surface area (Å²) in [6, 6.07) is 10.3. The van der Waals surface area contributed by atoms with Gasteiger partial charge in [-0.3, -0.25) is 4.79 Å². The van der Waals surface area contributed by atoms with Gasteiger partial charge in [0, 0.05) is 38.7 Å². The van der Waals surface area contributed by atoms with E-state index >= 15 is 0 Å². The second-order valence-electron chi connectivity index (χ2n) is 6.78.